The fourth-order valence-electron chi connectivity index (χ4n) is 0.935. The van der Waals surface area contributed by atoms with Crippen LogP contribution in [-0.4, -0.2) is 16.2 Å². The molecule has 4 N–H and O–H groups in total. The number of phenols is 1. The standard InChI is InChI=1S/C8H8BrNO3/c9-6-2-4(8(12)13)1-5(3-10)7(6)11/h1-2,11H,3,10H2,(H,12,13). The molecule has 0 radical (unpaired) electrons. The lowest BCUT2D eigenvalue weighted by Gasteiger charge is -2.05. The first-order chi connectivity index (χ1) is 6.06. The van der Waals surface area contributed by atoms with Crippen LogP contribution < -0.4 is 5.73 Å². The summed E-state index contributed by atoms with van der Waals surface area (Å²) >= 11 is 3.04. The SMILES string of the molecule is NCc1cc(C(=O)O)cc(Br)c1O. The van der Waals surface area contributed by atoms with Crippen molar-refractivity contribution in [2.24, 2.45) is 5.73 Å². The molecule has 0 amide bonds. The van der Waals surface area contributed by atoms with E-state index in [1.807, 2.05) is 0 Å². The first kappa shape index (κ1) is 10.0. The van der Waals surface area contributed by atoms with E-state index in [4.69, 9.17) is 10.8 Å². The summed E-state index contributed by atoms with van der Waals surface area (Å²) in [5, 5.41) is 18.1. The highest BCUT2D eigenvalue weighted by Gasteiger charge is 2.10. The van der Waals surface area contributed by atoms with Gasteiger partial charge in [-0.05, 0) is 28.1 Å². The Morgan fingerprint density at radius 3 is 2.62 bits per heavy atom. The smallest absolute Gasteiger partial charge is 0.335 e. The van der Waals surface area contributed by atoms with Gasteiger partial charge in [0.1, 0.15) is 5.75 Å². The summed E-state index contributed by atoms with van der Waals surface area (Å²) in [7, 11) is 0. The Balaban J connectivity index is 3.30. The number of carbonyl (C=O) groups is 1. The molecule has 70 valence electrons. The molecule has 0 atom stereocenters. The molecule has 0 aliphatic rings. The molecule has 13 heavy (non-hydrogen) atoms. The summed E-state index contributed by atoms with van der Waals surface area (Å²) in [5.41, 5.74) is 5.83. The lowest BCUT2D eigenvalue weighted by molar-refractivity contribution is 0.0696. The number of rotatable bonds is 2. The lowest BCUT2D eigenvalue weighted by atomic mass is 10.1. The molecule has 1 aromatic rings. The van der Waals surface area contributed by atoms with Crippen LogP contribution in [0.3, 0.4) is 0 Å². The van der Waals surface area contributed by atoms with E-state index in [1.54, 1.807) is 0 Å². The highest BCUT2D eigenvalue weighted by Crippen LogP contribution is 2.29. The molecule has 0 bridgehead atoms. The number of carboxylic acids is 1. The van der Waals surface area contributed by atoms with Crippen LogP contribution in [-0.2, 0) is 6.54 Å². The van der Waals surface area contributed by atoms with Gasteiger partial charge in [-0.2, -0.15) is 0 Å². The number of halogens is 1. The largest absolute Gasteiger partial charge is 0.506 e. The average Bonchev–Trinajstić information content (AvgIpc) is 2.09. The van der Waals surface area contributed by atoms with Gasteiger partial charge in [0.05, 0.1) is 10.0 Å². The number of benzene rings is 1. The van der Waals surface area contributed by atoms with Gasteiger partial charge in [-0.15, -0.1) is 0 Å². The summed E-state index contributed by atoms with van der Waals surface area (Å²) < 4.78 is 0.341. The van der Waals surface area contributed by atoms with Crippen LogP contribution in [0.5, 0.6) is 5.75 Å². The third-order valence-corrected chi connectivity index (χ3v) is 2.21. The third kappa shape index (κ3) is 1.99. The van der Waals surface area contributed by atoms with Gasteiger partial charge in [-0.1, -0.05) is 0 Å². The molecular weight excluding hydrogens is 238 g/mol. The van der Waals surface area contributed by atoms with Crippen molar-refractivity contribution in [2.75, 3.05) is 0 Å². The fraction of sp³-hybridized carbons (Fsp3) is 0.125. The summed E-state index contributed by atoms with van der Waals surface area (Å²) in [6.07, 6.45) is 0. The molecule has 0 aromatic heterocycles. The van der Waals surface area contributed by atoms with Crippen molar-refractivity contribution in [1.29, 1.82) is 0 Å². The zero-order valence-electron chi connectivity index (χ0n) is 6.62. The van der Waals surface area contributed by atoms with Crippen LogP contribution in [0.4, 0.5) is 0 Å². The van der Waals surface area contributed by atoms with Gasteiger partial charge in [-0.3, -0.25) is 0 Å². The Kier molecular flexibility index (Phi) is 2.90. The average molecular weight is 246 g/mol. The van der Waals surface area contributed by atoms with Gasteiger partial charge in [-0.25, -0.2) is 4.79 Å². The molecule has 1 aromatic carbocycles. The van der Waals surface area contributed by atoms with Crippen molar-refractivity contribution in [3.05, 3.63) is 27.7 Å². The number of hydrogen-bond acceptors (Lipinski definition) is 3. The zero-order chi connectivity index (χ0) is 10.0. The summed E-state index contributed by atoms with van der Waals surface area (Å²) in [4.78, 5) is 10.6. The number of aromatic hydroxyl groups is 1. The van der Waals surface area contributed by atoms with Gasteiger partial charge in [0, 0.05) is 12.1 Å². The van der Waals surface area contributed by atoms with Crippen molar-refractivity contribution in [3.63, 3.8) is 0 Å². The first-order valence-electron chi connectivity index (χ1n) is 3.51. The van der Waals surface area contributed by atoms with E-state index in [0.717, 1.165) is 0 Å². The monoisotopic (exact) mass is 245 g/mol. The quantitative estimate of drug-likeness (QED) is 0.734. The summed E-state index contributed by atoms with van der Waals surface area (Å²) in [5.74, 6) is -1.05. The van der Waals surface area contributed by atoms with E-state index in [2.05, 4.69) is 15.9 Å². The lowest BCUT2D eigenvalue weighted by Crippen LogP contribution is -2.02. The topological polar surface area (TPSA) is 83.6 Å². The van der Waals surface area contributed by atoms with Crippen LogP contribution in [0, 0.1) is 0 Å². The van der Waals surface area contributed by atoms with E-state index in [0.29, 0.717) is 10.0 Å². The van der Waals surface area contributed by atoms with Crippen LogP contribution in [0.1, 0.15) is 15.9 Å². The van der Waals surface area contributed by atoms with Gasteiger partial charge in [0.25, 0.3) is 0 Å². The second kappa shape index (κ2) is 3.76. The van der Waals surface area contributed by atoms with Gasteiger partial charge >= 0.3 is 5.97 Å². The molecule has 0 aliphatic heterocycles. The zero-order valence-corrected chi connectivity index (χ0v) is 8.21. The third-order valence-electron chi connectivity index (χ3n) is 1.61. The van der Waals surface area contributed by atoms with Crippen molar-refractivity contribution < 1.29 is 15.0 Å². The molecule has 0 aliphatic carbocycles. The maximum atomic E-state index is 10.6. The van der Waals surface area contributed by atoms with E-state index < -0.39 is 5.97 Å². The second-order valence-corrected chi connectivity index (χ2v) is 3.33. The number of phenolic OH excluding ortho intramolecular Hbond substituents is 1. The number of aromatic carboxylic acids is 1. The predicted molar refractivity (Wildman–Crippen MR) is 50.7 cm³/mol. The Bertz CT molecular complexity index is 351. The van der Waals surface area contributed by atoms with Crippen molar-refractivity contribution in [3.8, 4) is 5.75 Å². The fourth-order valence-corrected chi connectivity index (χ4v) is 1.44. The molecule has 0 heterocycles. The minimum absolute atomic E-state index is 0.00694. The number of nitrogens with two attached hydrogens (primary N) is 1. The Morgan fingerprint density at radius 2 is 2.15 bits per heavy atom. The van der Waals surface area contributed by atoms with Crippen LogP contribution in [0.2, 0.25) is 0 Å². The Hall–Kier alpha value is -1.07. The molecule has 0 spiro atoms. The molecular formula is C8H8BrNO3. The van der Waals surface area contributed by atoms with Gasteiger partial charge in [0.15, 0.2) is 0 Å². The minimum atomic E-state index is -1.05. The van der Waals surface area contributed by atoms with E-state index in [9.17, 15) is 9.90 Å². The van der Waals surface area contributed by atoms with Crippen molar-refractivity contribution in [1.82, 2.24) is 0 Å². The normalized spacial score (nSPS) is 10.0. The summed E-state index contributed by atoms with van der Waals surface area (Å²) in [6.45, 7) is 0.103. The van der Waals surface area contributed by atoms with Crippen LogP contribution >= 0.6 is 15.9 Å². The van der Waals surface area contributed by atoms with Gasteiger partial charge in [0.2, 0.25) is 0 Å². The molecule has 0 saturated carbocycles. The maximum absolute atomic E-state index is 10.6. The number of hydrogen-bond donors (Lipinski definition) is 3. The van der Waals surface area contributed by atoms with Gasteiger partial charge < -0.3 is 15.9 Å². The second-order valence-electron chi connectivity index (χ2n) is 2.48. The Morgan fingerprint density at radius 1 is 1.54 bits per heavy atom. The Labute approximate surface area is 83.1 Å². The van der Waals surface area contributed by atoms with E-state index in [1.165, 1.54) is 12.1 Å². The highest BCUT2D eigenvalue weighted by atomic mass is 79.9. The van der Waals surface area contributed by atoms with E-state index in [-0.39, 0.29) is 17.9 Å². The molecule has 0 fully saturated rings. The van der Waals surface area contributed by atoms with Crippen LogP contribution in [0.25, 0.3) is 0 Å². The van der Waals surface area contributed by atoms with Crippen molar-refractivity contribution >= 4 is 21.9 Å². The van der Waals surface area contributed by atoms with E-state index >= 15 is 0 Å². The maximum Gasteiger partial charge on any atom is 0.335 e. The molecule has 0 unspecified atom stereocenters. The molecule has 4 nitrogen and oxygen atoms in total. The highest BCUT2D eigenvalue weighted by molar-refractivity contribution is 9.10. The number of carboxylic acid groups (broad SMARTS) is 1. The van der Waals surface area contributed by atoms with Crippen molar-refractivity contribution in [2.45, 2.75) is 6.54 Å². The molecule has 5 heteroatoms. The minimum Gasteiger partial charge on any atom is -0.506 e. The van der Waals surface area contributed by atoms with Crippen LogP contribution in [0.15, 0.2) is 16.6 Å². The molecule has 0 saturated heterocycles. The predicted octanol–water partition coefficient (Wildman–Crippen LogP) is 1.31. The summed E-state index contributed by atoms with van der Waals surface area (Å²) in [6, 6.07) is 2.68. The molecule has 1 rings (SSSR count). The first-order valence-corrected chi connectivity index (χ1v) is 4.30.